The van der Waals surface area contributed by atoms with Gasteiger partial charge in [0.05, 0.1) is 4.91 Å². The summed E-state index contributed by atoms with van der Waals surface area (Å²) in [4.78, 5) is 24.9. The maximum atomic E-state index is 12.4. The van der Waals surface area contributed by atoms with Gasteiger partial charge in [-0.15, -0.1) is 0 Å². The van der Waals surface area contributed by atoms with Crippen LogP contribution in [0.1, 0.15) is 11.1 Å². The number of hydrogen-bond donors (Lipinski definition) is 1. The van der Waals surface area contributed by atoms with E-state index in [4.69, 9.17) is 33.7 Å². The van der Waals surface area contributed by atoms with Crippen LogP contribution < -0.4 is 4.74 Å². The standard InChI is InChI=1S/C23H16ClNO4S2/c24-19-4-2-1-3-17(19)13-29-18-8-7-15-9-14(5-6-16(15)11-18)10-20-22(28)25(12-21(26)27)23(30)31-20/h1-11H,12-13H2,(H,26,27)/b20-10-. The van der Waals surface area contributed by atoms with Gasteiger partial charge in [-0.3, -0.25) is 14.5 Å². The first-order valence-electron chi connectivity index (χ1n) is 9.28. The topological polar surface area (TPSA) is 66.8 Å². The highest BCUT2D eigenvalue weighted by molar-refractivity contribution is 8.26. The lowest BCUT2D eigenvalue weighted by Crippen LogP contribution is -2.33. The third kappa shape index (κ3) is 4.90. The lowest BCUT2D eigenvalue weighted by atomic mass is 10.1. The van der Waals surface area contributed by atoms with Gasteiger partial charge in [-0.2, -0.15) is 0 Å². The van der Waals surface area contributed by atoms with Crippen LogP contribution in [-0.2, 0) is 16.2 Å². The van der Waals surface area contributed by atoms with Crippen molar-refractivity contribution in [3.8, 4) is 5.75 Å². The van der Waals surface area contributed by atoms with Gasteiger partial charge in [-0.05, 0) is 46.7 Å². The summed E-state index contributed by atoms with van der Waals surface area (Å²) in [7, 11) is 0. The number of fused-ring (bicyclic) bond motifs is 1. The highest BCUT2D eigenvalue weighted by Gasteiger charge is 2.33. The predicted octanol–water partition coefficient (Wildman–Crippen LogP) is 5.36. The fourth-order valence-electron chi connectivity index (χ4n) is 3.12. The molecule has 1 aliphatic rings. The molecule has 1 N–H and O–H groups in total. The Balaban J connectivity index is 1.51. The Labute approximate surface area is 193 Å². The van der Waals surface area contributed by atoms with Crippen LogP contribution in [0, 0.1) is 0 Å². The molecule has 3 aromatic rings. The van der Waals surface area contributed by atoms with Gasteiger partial charge in [-0.1, -0.05) is 72.0 Å². The number of halogens is 1. The minimum Gasteiger partial charge on any atom is -0.489 e. The second kappa shape index (κ2) is 9.09. The molecule has 0 aliphatic carbocycles. The summed E-state index contributed by atoms with van der Waals surface area (Å²) in [5, 5.41) is 11.6. The zero-order chi connectivity index (χ0) is 22.0. The van der Waals surface area contributed by atoms with Crippen LogP contribution in [0.25, 0.3) is 16.8 Å². The van der Waals surface area contributed by atoms with E-state index in [-0.39, 0.29) is 10.2 Å². The fraction of sp³-hybridized carbons (Fsp3) is 0.0870. The van der Waals surface area contributed by atoms with Gasteiger partial charge in [0.1, 0.15) is 23.2 Å². The number of carboxylic acid groups (broad SMARTS) is 1. The molecule has 0 spiro atoms. The number of benzene rings is 3. The van der Waals surface area contributed by atoms with Crippen LogP contribution in [0.3, 0.4) is 0 Å². The van der Waals surface area contributed by atoms with E-state index in [1.165, 1.54) is 0 Å². The van der Waals surface area contributed by atoms with Crippen LogP contribution in [0.15, 0.2) is 65.6 Å². The number of ether oxygens (including phenoxy) is 1. The zero-order valence-electron chi connectivity index (χ0n) is 16.1. The zero-order valence-corrected chi connectivity index (χ0v) is 18.5. The molecule has 0 unspecified atom stereocenters. The van der Waals surface area contributed by atoms with Gasteiger partial charge in [0.15, 0.2) is 0 Å². The molecule has 1 amide bonds. The van der Waals surface area contributed by atoms with Crippen molar-refractivity contribution in [1.82, 2.24) is 4.90 Å². The summed E-state index contributed by atoms with van der Waals surface area (Å²) < 4.78 is 6.13. The van der Waals surface area contributed by atoms with E-state index in [1.807, 2.05) is 60.7 Å². The van der Waals surface area contributed by atoms with Crippen molar-refractivity contribution in [2.45, 2.75) is 6.61 Å². The molecule has 3 aromatic carbocycles. The van der Waals surface area contributed by atoms with Crippen molar-refractivity contribution in [2.24, 2.45) is 0 Å². The van der Waals surface area contributed by atoms with Crippen molar-refractivity contribution >= 4 is 68.6 Å². The van der Waals surface area contributed by atoms with Crippen molar-refractivity contribution in [2.75, 3.05) is 6.54 Å². The summed E-state index contributed by atoms with van der Waals surface area (Å²) in [5.41, 5.74) is 1.74. The number of nitrogens with zero attached hydrogens (tertiary/aromatic N) is 1. The fourth-order valence-corrected chi connectivity index (χ4v) is 4.57. The molecule has 0 aromatic heterocycles. The molecule has 8 heteroatoms. The Bertz CT molecular complexity index is 1240. The van der Waals surface area contributed by atoms with Gasteiger partial charge in [0, 0.05) is 10.6 Å². The number of rotatable bonds is 6. The smallest absolute Gasteiger partial charge is 0.323 e. The second-order valence-electron chi connectivity index (χ2n) is 6.81. The minimum absolute atomic E-state index is 0.250. The highest BCUT2D eigenvalue weighted by Crippen LogP contribution is 2.33. The Morgan fingerprint density at radius 2 is 1.87 bits per heavy atom. The average molecular weight is 470 g/mol. The van der Waals surface area contributed by atoms with Crippen molar-refractivity contribution < 1.29 is 19.4 Å². The first kappa shape index (κ1) is 21.4. The van der Waals surface area contributed by atoms with Crippen molar-refractivity contribution in [1.29, 1.82) is 0 Å². The lowest BCUT2D eigenvalue weighted by Gasteiger charge is -2.10. The Morgan fingerprint density at radius 3 is 2.65 bits per heavy atom. The Morgan fingerprint density at radius 1 is 1.13 bits per heavy atom. The monoisotopic (exact) mass is 469 g/mol. The molecule has 1 fully saturated rings. The molecule has 4 rings (SSSR count). The Kier molecular flexibility index (Phi) is 6.27. The highest BCUT2D eigenvalue weighted by atomic mass is 35.5. The molecule has 5 nitrogen and oxygen atoms in total. The van der Waals surface area contributed by atoms with E-state index < -0.39 is 12.5 Å². The molecule has 0 saturated carbocycles. The molecular formula is C23H16ClNO4S2. The summed E-state index contributed by atoms with van der Waals surface area (Å²) in [5.74, 6) is -0.758. The van der Waals surface area contributed by atoms with Gasteiger partial charge in [0.25, 0.3) is 5.91 Å². The van der Waals surface area contributed by atoms with E-state index in [2.05, 4.69) is 0 Å². The van der Waals surface area contributed by atoms with E-state index in [0.29, 0.717) is 16.5 Å². The summed E-state index contributed by atoms with van der Waals surface area (Å²) in [6.07, 6.45) is 1.72. The van der Waals surface area contributed by atoms with Gasteiger partial charge >= 0.3 is 5.97 Å². The number of thiocarbonyl (C=S) groups is 1. The summed E-state index contributed by atoms with van der Waals surface area (Å²) in [6.45, 7) is -0.0574. The molecule has 1 heterocycles. The lowest BCUT2D eigenvalue weighted by molar-refractivity contribution is -0.140. The van der Waals surface area contributed by atoms with Crippen LogP contribution in [0.5, 0.6) is 5.75 Å². The number of hydrogen-bond acceptors (Lipinski definition) is 5. The number of amides is 1. The SMILES string of the molecule is O=C(O)CN1C(=O)/C(=C/c2ccc3cc(OCc4ccccc4Cl)ccc3c2)SC1=S. The molecule has 156 valence electrons. The second-order valence-corrected chi connectivity index (χ2v) is 8.89. The number of carbonyl (C=O) groups is 2. The number of aliphatic carboxylic acids is 1. The van der Waals surface area contributed by atoms with Crippen molar-refractivity contribution in [3.63, 3.8) is 0 Å². The van der Waals surface area contributed by atoms with Gasteiger partial charge in [-0.25, -0.2) is 0 Å². The largest absolute Gasteiger partial charge is 0.489 e. The summed E-state index contributed by atoms with van der Waals surface area (Å²) in [6, 6.07) is 19.1. The Hall–Kier alpha value is -2.87. The quantitative estimate of drug-likeness (QED) is 0.387. The van der Waals surface area contributed by atoms with Crippen LogP contribution >= 0.6 is 35.6 Å². The van der Waals surface area contributed by atoms with E-state index in [0.717, 1.165) is 44.3 Å². The van der Waals surface area contributed by atoms with Crippen molar-refractivity contribution in [3.05, 3.63) is 81.7 Å². The third-order valence-electron chi connectivity index (χ3n) is 4.65. The van der Waals surface area contributed by atoms with E-state index in [9.17, 15) is 9.59 Å². The molecule has 1 saturated heterocycles. The van der Waals surface area contributed by atoms with Gasteiger partial charge in [0.2, 0.25) is 0 Å². The first-order valence-corrected chi connectivity index (χ1v) is 10.9. The molecule has 0 bridgehead atoms. The van der Waals surface area contributed by atoms with Crippen LogP contribution in [0.2, 0.25) is 5.02 Å². The molecule has 0 atom stereocenters. The first-order chi connectivity index (χ1) is 14.9. The maximum absolute atomic E-state index is 12.4. The number of thioether (sulfide) groups is 1. The van der Waals surface area contributed by atoms with Crippen LogP contribution in [0.4, 0.5) is 0 Å². The van der Waals surface area contributed by atoms with Gasteiger partial charge < -0.3 is 9.84 Å². The average Bonchev–Trinajstić information content (AvgIpc) is 3.00. The number of carboxylic acids is 1. The third-order valence-corrected chi connectivity index (χ3v) is 6.40. The maximum Gasteiger partial charge on any atom is 0.323 e. The van der Waals surface area contributed by atoms with E-state index in [1.54, 1.807) is 6.08 Å². The molecule has 0 radical (unpaired) electrons. The van der Waals surface area contributed by atoms with E-state index >= 15 is 0 Å². The van der Waals surface area contributed by atoms with Crippen LogP contribution in [-0.4, -0.2) is 32.7 Å². The molecular weight excluding hydrogens is 454 g/mol. The predicted molar refractivity (Wildman–Crippen MR) is 127 cm³/mol. The number of carbonyl (C=O) groups excluding carboxylic acids is 1. The minimum atomic E-state index is -1.10. The molecule has 1 aliphatic heterocycles. The normalized spacial score (nSPS) is 15.1. The molecule has 31 heavy (non-hydrogen) atoms. The summed E-state index contributed by atoms with van der Waals surface area (Å²) >= 11 is 12.4.